The van der Waals surface area contributed by atoms with Crippen LogP contribution in [0.3, 0.4) is 0 Å². The van der Waals surface area contributed by atoms with Crippen LogP contribution in [0, 0.1) is 10.1 Å². The molecule has 0 bridgehead atoms. The number of H-pyrrole nitrogens is 1. The van der Waals surface area contributed by atoms with Crippen LogP contribution < -0.4 is 16.5 Å². The number of rotatable bonds is 8. The molecule has 0 fully saturated rings. The summed E-state index contributed by atoms with van der Waals surface area (Å²) in [4.78, 5) is 45.6. The van der Waals surface area contributed by atoms with Gasteiger partial charge in [0.25, 0.3) is 11.6 Å². The van der Waals surface area contributed by atoms with E-state index in [-0.39, 0.29) is 22.7 Å². The highest BCUT2D eigenvalue weighted by molar-refractivity contribution is 7.99. The smallest absolute Gasteiger partial charge is 0.272 e. The van der Waals surface area contributed by atoms with E-state index in [9.17, 15) is 24.5 Å². The van der Waals surface area contributed by atoms with Gasteiger partial charge in [-0.15, -0.1) is 5.10 Å². The zero-order valence-corrected chi connectivity index (χ0v) is 15.2. The first-order valence-corrected chi connectivity index (χ1v) is 9.02. The van der Waals surface area contributed by atoms with Gasteiger partial charge in [-0.05, 0) is 12.5 Å². The molecule has 1 aromatic carbocycles. The highest BCUT2D eigenvalue weighted by Gasteiger charge is 2.14. The molecule has 3 N–H and O–H groups in total. The largest absolute Gasteiger partial charge is 0.343 e. The van der Waals surface area contributed by atoms with Crippen molar-refractivity contribution in [1.82, 2.24) is 25.6 Å². The Balaban J connectivity index is 1.86. The second kappa shape index (κ2) is 9.52. The number of hydrogen-bond acceptors (Lipinski definition) is 7. The summed E-state index contributed by atoms with van der Waals surface area (Å²) in [5.74, 6) is -1.28. The van der Waals surface area contributed by atoms with Gasteiger partial charge in [0.15, 0.2) is 5.16 Å². The van der Waals surface area contributed by atoms with Crippen molar-refractivity contribution in [2.45, 2.75) is 31.5 Å². The molecule has 0 aliphatic carbocycles. The molecule has 11 nitrogen and oxygen atoms in total. The molecule has 2 rings (SSSR count). The Morgan fingerprint density at radius 3 is 2.85 bits per heavy atom. The zero-order valence-electron chi connectivity index (χ0n) is 14.4. The van der Waals surface area contributed by atoms with Crippen LogP contribution in [0.4, 0.5) is 5.69 Å². The molecular weight excluding hydrogens is 376 g/mol. The van der Waals surface area contributed by atoms with Crippen molar-refractivity contribution in [3.63, 3.8) is 0 Å². The normalized spacial score (nSPS) is 10.4. The number of carbonyl (C=O) groups is 2. The van der Waals surface area contributed by atoms with Crippen LogP contribution in [0.5, 0.6) is 0 Å². The molecule has 1 heterocycles. The number of carbonyl (C=O) groups excluding carboxylic acids is 2. The Kier molecular flexibility index (Phi) is 7.11. The van der Waals surface area contributed by atoms with Gasteiger partial charge in [-0.1, -0.05) is 31.2 Å². The monoisotopic (exact) mass is 394 g/mol. The van der Waals surface area contributed by atoms with Gasteiger partial charge >= 0.3 is 5.69 Å². The number of hydrogen-bond donors (Lipinski definition) is 3. The second-order valence-electron chi connectivity index (χ2n) is 5.41. The fraction of sp³-hybridized carbons (Fsp3) is 0.333. The fourth-order valence-corrected chi connectivity index (χ4v) is 2.82. The molecule has 0 aliphatic heterocycles. The predicted molar refractivity (Wildman–Crippen MR) is 97.2 cm³/mol. The highest BCUT2D eigenvalue weighted by Crippen LogP contribution is 2.14. The zero-order chi connectivity index (χ0) is 19.8. The first kappa shape index (κ1) is 20.2. The minimum atomic E-state index is -0.684. The van der Waals surface area contributed by atoms with E-state index in [0.29, 0.717) is 11.7 Å². The third-order valence-electron chi connectivity index (χ3n) is 3.43. The summed E-state index contributed by atoms with van der Waals surface area (Å²) in [6.07, 6.45) is 1.71. The topological polar surface area (TPSA) is 152 Å². The molecule has 0 unspecified atom stereocenters. The Bertz CT molecular complexity index is 893. The summed E-state index contributed by atoms with van der Waals surface area (Å²) in [6.45, 7) is 2.49. The number of nitro groups is 1. The maximum absolute atomic E-state index is 12.0. The number of unbranched alkanes of at least 4 members (excludes halogenated alkanes) is 1. The standard InChI is InChI=1S/C15H18N6O5S/c1-2-3-7-20-14(24)18-19-15(20)27-9-12(22)16-17-13(23)10-5-4-6-11(8-10)21(25)26/h4-6,8H,2-3,7,9H2,1H3,(H,16,22)(H,17,23)(H,18,24). The Morgan fingerprint density at radius 1 is 1.37 bits per heavy atom. The van der Waals surface area contributed by atoms with Crippen LogP contribution in [0.15, 0.2) is 34.2 Å². The summed E-state index contributed by atoms with van der Waals surface area (Å²) >= 11 is 1.05. The van der Waals surface area contributed by atoms with Crippen molar-refractivity contribution in [2.75, 3.05) is 5.75 Å². The average Bonchev–Trinajstić information content (AvgIpc) is 3.02. The molecule has 12 heteroatoms. The number of nitro benzene ring substituents is 1. The molecule has 27 heavy (non-hydrogen) atoms. The number of nitrogens with zero attached hydrogens (tertiary/aromatic N) is 3. The molecule has 0 aliphatic rings. The Morgan fingerprint density at radius 2 is 2.15 bits per heavy atom. The highest BCUT2D eigenvalue weighted by atomic mass is 32.2. The van der Waals surface area contributed by atoms with Crippen LogP contribution in [0.2, 0.25) is 0 Å². The van der Waals surface area contributed by atoms with Gasteiger partial charge < -0.3 is 0 Å². The summed E-state index contributed by atoms with van der Waals surface area (Å²) in [5.41, 5.74) is 3.87. The van der Waals surface area contributed by atoms with E-state index in [1.54, 1.807) is 0 Å². The van der Waals surface area contributed by atoms with Crippen molar-refractivity contribution in [3.8, 4) is 0 Å². The minimum absolute atomic E-state index is 0.0397. The third kappa shape index (κ3) is 5.67. The van der Waals surface area contributed by atoms with E-state index in [0.717, 1.165) is 30.7 Å². The van der Waals surface area contributed by atoms with Gasteiger partial charge in [0, 0.05) is 24.2 Å². The molecular formula is C15H18N6O5S. The van der Waals surface area contributed by atoms with E-state index in [2.05, 4.69) is 21.0 Å². The number of hydrazine groups is 1. The predicted octanol–water partition coefficient (Wildman–Crippen LogP) is 0.833. The maximum Gasteiger partial charge on any atom is 0.343 e. The van der Waals surface area contributed by atoms with Gasteiger partial charge in [-0.25, -0.2) is 9.89 Å². The van der Waals surface area contributed by atoms with Crippen molar-refractivity contribution < 1.29 is 14.5 Å². The number of aromatic amines is 1. The van der Waals surface area contributed by atoms with Crippen molar-refractivity contribution in [1.29, 1.82) is 0 Å². The van der Waals surface area contributed by atoms with Crippen LogP contribution in [-0.2, 0) is 11.3 Å². The molecule has 1 aromatic heterocycles. The molecule has 0 spiro atoms. The molecule has 0 radical (unpaired) electrons. The second-order valence-corrected chi connectivity index (χ2v) is 6.36. The van der Waals surface area contributed by atoms with E-state index in [1.807, 2.05) is 6.92 Å². The number of nitrogens with one attached hydrogen (secondary N) is 3. The lowest BCUT2D eigenvalue weighted by molar-refractivity contribution is -0.384. The van der Waals surface area contributed by atoms with Gasteiger partial charge in [-0.2, -0.15) is 0 Å². The van der Waals surface area contributed by atoms with Crippen molar-refractivity contribution in [3.05, 3.63) is 50.4 Å². The van der Waals surface area contributed by atoms with Crippen molar-refractivity contribution >= 4 is 29.3 Å². The van der Waals surface area contributed by atoms with E-state index in [1.165, 1.54) is 22.8 Å². The average molecular weight is 394 g/mol. The summed E-state index contributed by atoms with van der Waals surface area (Å²) in [7, 11) is 0. The van der Waals surface area contributed by atoms with Crippen LogP contribution in [0.1, 0.15) is 30.1 Å². The third-order valence-corrected chi connectivity index (χ3v) is 4.40. The lowest BCUT2D eigenvalue weighted by atomic mass is 10.2. The van der Waals surface area contributed by atoms with Crippen molar-refractivity contribution in [2.24, 2.45) is 0 Å². The summed E-state index contributed by atoms with van der Waals surface area (Å²) in [5, 5.41) is 17.3. The van der Waals surface area contributed by atoms with Gasteiger partial charge in [0.05, 0.1) is 10.7 Å². The number of non-ortho nitro benzene ring substituents is 1. The number of amides is 2. The maximum atomic E-state index is 12.0. The Labute approximate surface area is 157 Å². The summed E-state index contributed by atoms with van der Waals surface area (Å²) in [6, 6.07) is 5.12. The molecule has 0 atom stereocenters. The van der Waals surface area contributed by atoms with Gasteiger partial charge in [0.1, 0.15) is 0 Å². The van der Waals surface area contributed by atoms with E-state index >= 15 is 0 Å². The molecule has 2 aromatic rings. The number of benzene rings is 1. The lowest BCUT2D eigenvalue weighted by Gasteiger charge is -2.07. The van der Waals surface area contributed by atoms with E-state index in [4.69, 9.17) is 0 Å². The molecule has 144 valence electrons. The molecule has 0 saturated heterocycles. The summed E-state index contributed by atoms with van der Waals surface area (Å²) < 4.78 is 1.45. The SMILES string of the molecule is CCCCn1c(SCC(=O)NNC(=O)c2cccc([N+](=O)[O-])c2)n[nH]c1=O. The molecule has 0 saturated carbocycles. The van der Waals surface area contributed by atoms with Crippen LogP contribution in [0.25, 0.3) is 0 Å². The van der Waals surface area contributed by atoms with Gasteiger partial charge in [0.2, 0.25) is 5.91 Å². The van der Waals surface area contributed by atoms with Crippen LogP contribution in [-0.4, -0.2) is 37.3 Å². The lowest BCUT2D eigenvalue weighted by Crippen LogP contribution is -2.42. The number of thioether (sulfide) groups is 1. The van der Waals surface area contributed by atoms with E-state index < -0.39 is 16.7 Å². The number of aromatic nitrogens is 3. The van der Waals surface area contributed by atoms with Crippen LogP contribution >= 0.6 is 11.8 Å². The molecule has 2 amide bonds. The quantitative estimate of drug-likeness (QED) is 0.341. The Hall–Kier alpha value is -3.15. The fourth-order valence-electron chi connectivity index (χ4n) is 2.05. The minimum Gasteiger partial charge on any atom is -0.272 e. The first-order chi connectivity index (χ1) is 12.9. The first-order valence-electron chi connectivity index (χ1n) is 8.04. The van der Waals surface area contributed by atoms with Gasteiger partial charge in [-0.3, -0.25) is 35.1 Å².